The number of aromatic nitrogens is 2. The average molecular weight is 681 g/mol. The third-order valence-electron chi connectivity index (χ3n) is 7.81. The van der Waals surface area contributed by atoms with Crippen LogP contribution in [0.3, 0.4) is 0 Å². The number of nitrogens with one attached hydrogen (secondary N) is 4. The van der Waals surface area contributed by atoms with Gasteiger partial charge in [0.25, 0.3) is 23.3 Å². The standard InChI is InChI=1S/C38H27N5O8/c44-31-28(34(47)41-36(49)30(31)24-14-7-15-25(20-24)39-32(45)22-10-3-1-4-11-22)18-9-19-29-35(48)42-38(51)43(37(29)50)27-17-8-16-26(21-27)40-33(46)23-12-5-2-6-13-23/h1-21,30,50H,(H,39,45)(H,40,46)(H,41,47,49)(H,42,48,51)/p-1. The van der Waals surface area contributed by atoms with E-state index in [0.717, 1.165) is 18.2 Å². The molecule has 4 N–H and O–H groups in total. The average Bonchev–Trinajstić information content (AvgIpc) is 3.11. The first-order chi connectivity index (χ1) is 24.6. The summed E-state index contributed by atoms with van der Waals surface area (Å²) in [5.74, 6) is -5.99. The Kier molecular flexibility index (Phi) is 9.44. The van der Waals surface area contributed by atoms with Gasteiger partial charge in [0.1, 0.15) is 5.92 Å². The van der Waals surface area contributed by atoms with E-state index in [0.29, 0.717) is 21.4 Å². The number of aromatic amines is 1. The number of hydrogen-bond acceptors (Lipinski definition) is 8. The molecule has 4 amide bonds. The molecule has 2 heterocycles. The third-order valence-corrected chi connectivity index (χ3v) is 7.81. The van der Waals surface area contributed by atoms with Gasteiger partial charge in [0.2, 0.25) is 5.91 Å². The third kappa shape index (κ3) is 7.22. The topological polar surface area (TPSA) is 199 Å². The lowest BCUT2D eigenvalue weighted by molar-refractivity contribution is -0.278. The molecule has 1 saturated heterocycles. The highest BCUT2D eigenvalue weighted by Crippen LogP contribution is 2.27. The van der Waals surface area contributed by atoms with Crippen molar-refractivity contribution < 1.29 is 29.1 Å². The number of rotatable bonds is 8. The van der Waals surface area contributed by atoms with E-state index >= 15 is 0 Å². The molecule has 1 atom stereocenters. The van der Waals surface area contributed by atoms with Gasteiger partial charge >= 0.3 is 5.69 Å². The Bertz CT molecular complexity index is 2390. The normalized spacial score (nSPS) is 15.1. The number of nitrogens with zero attached hydrogens (tertiary/aromatic N) is 1. The van der Waals surface area contributed by atoms with Gasteiger partial charge in [-0.2, -0.15) is 0 Å². The van der Waals surface area contributed by atoms with Crippen LogP contribution in [0, 0.1) is 0 Å². The van der Waals surface area contributed by atoms with Gasteiger partial charge in [-0.1, -0.05) is 60.7 Å². The Morgan fingerprint density at radius 1 is 0.725 bits per heavy atom. The van der Waals surface area contributed by atoms with Crippen molar-refractivity contribution in [3.05, 3.63) is 170 Å². The first-order valence-corrected chi connectivity index (χ1v) is 15.4. The zero-order valence-electron chi connectivity index (χ0n) is 26.4. The summed E-state index contributed by atoms with van der Waals surface area (Å²) in [4.78, 5) is 91.8. The molecule has 0 aliphatic carbocycles. The van der Waals surface area contributed by atoms with E-state index in [9.17, 15) is 38.7 Å². The summed E-state index contributed by atoms with van der Waals surface area (Å²) in [6, 6.07) is 28.7. The van der Waals surface area contributed by atoms with Crippen LogP contribution in [0.25, 0.3) is 11.8 Å². The minimum atomic E-state index is -1.44. The highest BCUT2D eigenvalue weighted by molar-refractivity contribution is 6.34. The number of benzene rings is 4. The number of amides is 4. The van der Waals surface area contributed by atoms with Crippen molar-refractivity contribution in [2.75, 3.05) is 10.6 Å². The summed E-state index contributed by atoms with van der Waals surface area (Å²) in [7, 11) is 0. The predicted molar refractivity (Wildman–Crippen MR) is 185 cm³/mol. The summed E-state index contributed by atoms with van der Waals surface area (Å²) in [6.45, 7) is 0. The SMILES string of the molecule is O=C1NC(=O)C(c2cccc(NC(=O)c3ccccc3)c2)C(=O)C1=CC=Cc1c([O-])n(-c2cccc(NC(=O)c3ccccc3)c2)c(=O)[nH]c1=O. The highest BCUT2D eigenvalue weighted by atomic mass is 16.3. The van der Waals surface area contributed by atoms with Crippen LogP contribution in [0.2, 0.25) is 0 Å². The van der Waals surface area contributed by atoms with Gasteiger partial charge in [-0.3, -0.25) is 43.6 Å². The quantitative estimate of drug-likeness (QED) is 0.0829. The van der Waals surface area contributed by atoms with Gasteiger partial charge in [0, 0.05) is 28.1 Å². The van der Waals surface area contributed by atoms with E-state index in [1.165, 1.54) is 30.3 Å². The molecular formula is C38H26N5O8-. The number of H-pyrrole nitrogens is 1. The van der Waals surface area contributed by atoms with Gasteiger partial charge in [0.05, 0.1) is 11.3 Å². The smallest absolute Gasteiger partial charge is 0.332 e. The number of carbonyl (C=O) groups excluding carboxylic acids is 5. The van der Waals surface area contributed by atoms with E-state index < -0.39 is 63.6 Å². The fraction of sp³-hybridized carbons (Fsp3) is 0.0263. The molecule has 0 saturated carbocycles. The van der Waals surface area contributed by atoms with Crippen LogP contribution in [-0.4, -0.2) is 39.0 Å². The Morgan fingerprint density at radius 3 is 1.94 bits per heavy atom. The van der Waals surface area contributed by atoms with Crippen molar-refractivity contribution >= 4 is 46.9 Å². The van der Waals surface area contributed by atoms with Crippen LogP contribution < -0.4 is 32.3 Å². The molecule has 5 aromatic rings. The molecule has 51 heavy (non-hydrogen) atoms. The minimum absolute atomic E-state index is 0.0468. The van der Waals surface area contributed by atoms with Gasteiger partial charge in [0.15, 0.2) is 5.78 Å². The van der Waals surface area contributed by atoms with Crippen LogP contribution in [0.5, 0.6) is 5.88 Å². The molecule has 13 heteroatoms. The van der Waals surface area contributed by atoms with Gasteiger partial charge in [-0.15, -0.1) is 0 Å². The molecule has 1 aromatic heterocycles. The van der Waals surface area contributed by atoms with Crippen molar-refractivity contribution in [3.8, 4) is 11.6 Å². The lowest BCUT2D eigenvalue weighted by Gasteiger charge is -2.22. The van der Waals surface area contributed by atoms with Gasteiger partial charge in [-0.25, -0.2) is 4.79 Å². The number of imide groups is 1. The number of anilines is 2. The molecule has 1 aliphatic heterocycles. The second-order valence-electron chi connectivity index (χ2n) is 11.2. The molecule has 252 valence electrons. The van der Waals surface area contributed by atoms with Gasteiger partial charge in [-0.05, 0) is 78.2 Å². The zero-order chi connectivity index (χ0) is 36.1. The molecule has 0 spiro atoms. The lowest BCUT2D eigenvalue weighted by atomic mass is 9.86. The zero-order valence-corrected chi connectivity index (χ0v) is 26.4. The molecule has 0 bridgehead atoms. The number of hydrogen-bond donors (Lipinski definition) is 4. The van der Waals surface area contributed by atoms with Crippen molar-refractivity contribution in [2.45, 2.75) is 5.92 Å². The fourth-order valence-electron chi connectivity index (χ4n) is 5.35. The van der Waals surface area contributed by atoms with Crippen LogP contribution >= 0.6 is 0 Å². The molecule has 1 fully saturated rings. The number of piperidine rings is 1. The first kappa shape index (κ1) is 33.5. The maximum absolute atomic E-state index is 13.5. The Hall–Kier alpha value is -7.41. The van der Waals surface area contributed by atoms with E-state index in [4.69, 9.17) is 0 Å². The molecule has 0 radical (unpaired) electrons. The van der Waals surface area contributed by atoms with Crippen molar-refractivity contribution in [1.29, 1.82) is 0 Å². The van der Waals surface area contributed by atoms with Gasteiger partial charge < -0.3 is 15.7 Å². The maximum Gasteiger partial charge on any atom is 0.332 e. The van der Waals surface area contributed by atoms with E-state index in [1.807, 2.05) is 0 Å². The summed E-state index contributed by atoms with van der Waals surface area (Å²) in [5, 5.41) is 21.0. The maximum atomic E-state index is 13.5. The number of carbonyl (C=O) groups is 5. The van der Waals surface area contributed by atoms with Crippen LogP contribution in [-0.2, 0) is 14.4 Å². The summed E-state index contributed by atoms with van der Waals surface area (Å²) in [5.41, 5.74) is -1.36. The summed E-state index contributed by atoms with van der Waals surface area (Å²) in [6.07, 6.45) is 3.18. The second kappa shape index (κ2) is 14.4. The van der Waals surface area contributed by atoms with Crippen molar-refractivity contribution in [2.24, 2.45) is 0 Å². The molecule has 1 unspecified atom stereocenters. The van der Waals surface area contributed by atoms with E-state index in [1.54, 1.807) is 78.9 Å². The monoisotopic (exact) mass is 680 g/mol. The molecule has 1 aliphatic rings. The Balaban J connectivity index is 1.25. The van der Waals surface area contributed by atoms with Crippen molar-refractivity contribution in [1.82, 2.24) is 14.9 Å². The molecule has 6 rings (SSSR count). The molecular weight excluding hydrogens is 654 g/mol. The lowest BCUT2D eigenvalue weighted by Crippen LogP contribution is -2.46. The summed E-state index contributed by atoms with van der Waals surface area (Å²) >= 11 is 0. The van der Waals surface area contributed by atoms with E-state index in [-0.39, 0.29) is 16.9 Å². The number of ketones is 1. The van der Waals surface area contributed by atoms with Crippen LogP contribution in [0.15, 0.2) is 137 Å². The van der Waals surface area contributed by atoms with Crippen LogP contribution in [0.1, 0.15) is 37.8 Å². The number of Topliss-reactive ketones (excluding diaryl/α,β-unsaturated/α-hetero) is 1. The molecule has 13 nitrogen and oxygen atoms in total. The van der Waals surface area contributed by atoms with Crippen molar-refractivity contribution in [3.63, 3.8) is 0 Å². The first-order valence-electron chi connectivity index (χ1n) is 15.4. The second-order valence-corrected chi connectivity index (χ2v) is 11.2. The molecule has 4 aromatic carbocycles. The minimum Gasteiger partial charge on any atom is -0.859 e. The predicted octanol–water partition coefficient (Wildman–Crippen LogP) is 3.05. The largest absolute Gasteiger partial charge is 0.859 e. The number of allylic oxidation sites excluding steroid dienone is 2. The highest BCUT2D eigenvalue weighted by Gasteiger charge is 2.39. The summed E-state index contributed by atoms with van der Waals surface area (Å²) < 4.78 is 0.698. The van der Waals surface area contributed by atoms with Crippen LogP contribution in [0.4, 0.5) is 11.4 Å². The van der Waals surface area contributed by atoms with E-state index in [2.05, 4.69) is 20.9 Å². The Morgan fingerprint density at radius 2 is 1.31 bits per heavy atom. The fourth-order valence-corrected chi connectivity index (χ4v) is 5.35. The Labute approximate surface area is 288 Å².